The van der Waals surface area contributed by atoms with Gasteiger partial charge in [-0.3, -0.25) is 4.40 Å². The van der Waals surface area contributed by atoms with E-state index in [0.717, 1.165) is 11.2 Å². The zero-order valence-corrected chi connectivity index (χ0v) is 7.65. The van der Waals surface area contributed by atoms with Gasteiger partial charge in [0.25, 0.3) is 0 Å². The minimum Gasteiger partial charge on any atom is -0.289 e. The molecule has 0 amide bonds. The van der Waals surface area contributed by atoms with Crippen LogP contribution in [0.1, 0.15) is 19.4 Å². The lowest BCUT2D eigenvalue weighted by Crippen LogP contribution is -1.83. The molecule has 3 nitrogen and oxygen atoms in total. The van der Waals surface area contributed by atoms with Gasteiger partial charge in [-0.1, -0.05) is 19.9 Å². The van der Waals surface area contributed by atoms with Crippen LogP contribution in [0.25, 0.3) is 5.65 Å². The Hall–Kier alpha value is -1.38. The quantitative estimate of drug-likeness (QED) is 0.595. The van der Waals surface area contributed by atoms with Crippen LogP contribution in [0.3, 0.4) is 0 Å². The van der Waals surface area contributed by atoms with Gasteiger partial charge >= 0.3 is 0 Å². The van der Waals surface area contributed by atoms with Gasteiger partial charge in [0.15, 0.2) is 5.65 Å². The van der Waals surface area contributed by atoms with E-state index in [0.29, 0.717) is 0 Å². The number of fused-ring (bicyclic) bond motifs is 1. The van der Waals surface area contributed by atoms with Crippen LogP contribution in [0, 0.1) is 6.92 Å². The molecule has 3 heteroatoms. The maximum Gasteiger partial charge on any atom is 0.163 e. The molecule has 0 radical (unpaired) electrons. The van der Waals surface area contributed by atoms with Crippen LogP contribution >= 0.6 is 0 Å². The fraction of sp³-hybridized carbons (Fsp3) is 0.333. The fourth-order valence-corrected chi connectivity index (χ4v) is 0.989. The van der Waals surface area contributed by atoms with Crippen molar-refractivity contribution in [2.24, 2.45) is 0 Å². The number of hydrogen-bond acceptors (Lipinski definition) is 2. The van der Waals surface area contributed by atoms with Crippen molar-refractivity contribution in [3.8, 4) is 0 Å². The van der Waals surface area contributed by atoms with Gasteiger partial charge < -0.3 is 0 Å². The Morgan fingerprint density at radius 2 is 2.08 bits per heavy atom. The number of pyridine rings is 1. The molecule has 2 aromatic rings. The van der Waals surface area contributed by atoms with Crippen molar-refractivity contribution in [3.63, 3.8) is 0 Å². The molecule has 0 N–H and O–H groups in total. The molecule has 0 saturated heterocycles. The largest absolute Gasteiger partial charge is 0.289 e. The van der Waals surface area contributed by atoms with Crippen molar-refractivity contribution in [1.29, 1.82) is 0 Å². The lowest BCUT2D eigenvalue weighted by atomic mass is 10.3. The summed E-state index contributed by atoms with van der Waals surface area (Å²) in [6, 6.07) is 4.00. The van der Waals surface area contributed by atoms with Crippen molar-refractivity contribution in [2.45, 2.75) is 20.8 Å². The minimum atomic E-state index is 0.933. The summed E-state index contributed by atoms with van der Waals surface area (Å²) in [5.41, 5.74) is 2.09. The molecule has 12 heavy (non-hydrogen) atoms. The summed E-state index contributed by atoms with van der Waals surface area (Å²) in [5.74, 6) is 0. The summed E-state index contributed by atoms with van der Waals surface area (Å²) in [7, 11) is 0. The third kappa shape index (κ3) is 1.44. The lowest BCUT2D eigenvalue weighted by Gasteiger charge is -1.92. The summed E-state index contributed by atoms with van der Waals surface area (Å²) in [6.07, 6.45) is 3.63. The van der Waals surface area contributed by atoms with E-state index in [-0.39, 0.29) is 0 Å². The van der Waals surface area contributed by atoms with Crippen molar-refractivity contribution < 1.29 is 0 Å². The summed E-state index contributed by atoms with van der Waals surface area (Å²) in [5, 5.41) is 7.71. The van der Waals surface area contributed by atoms with E-state index in [2.05, 4.69) is 10.2 Å². The highest BCUT2D eigenvalue weighted by atomic mass is 15.2. The Morgan fingerprint density at radius 1 is 1.33 bits per heavy atom. The van der Waals surface area contributed by atoms with Crippen LogP contribution in [0.15, 0.2) is 24.7 Å². The minimum absolute atomic E-state index is 0.933. The highest BCUT2D eigenvalue weighted by molar-refractivity contribution is 5.44. The Bertz CT molecular complexity index is 351. The predicted octanol–water partition coefficient (Wildman–Crippen LogP) is 2.06. The van der Waals surface area contributed by atoms with Crippen molar-refractivity contribution in [2.75, 3.05) is 0 Å². The molecule has 2 aromatic heterocycles. The van der Waals surface area contributed by atoms with Crippen LogP contribution < -0.4 is 0 Å². The maximum absolute atomic E-state index is 3.93. The molecule has 0 aliphatic heterocycles. The van der Waals surface area contributed by atoms with E-state index >= 15 is 0 Å². The van der Waals surface area contributed by atoms with Gasteiger partial charge in [0.1, 0.15) is 6.33 Å². The van der Waals surface area contributed by atoms with E-state index in [1.165, 1.54) is 0 Å². The highest BCUT2D eigenvalue weighted by Gasteiger charge is 1.94. The number of aromatic nitrogens is 3. The molecule has 64 valence electrons. The molecule has 2 rings (SSSR count). The van der Waals surface area contributed by atoms with Gasteiger partial charge in [0.2, 0.25) is 0 Å². The summed E-state index contributed by atoms with van der Waals surface area (Å²) in [4.78, 5) is 0. The second-order valence-electron chi connectivity index (χ2n) is 2.25. The van der Waals surface area contributed by atoms with Crippen molar-refractivity contribution >= 4 is 5.65 Å². The molecule has 0 aliphatic carbocycles. The maximum atomic E-state index is 3.93. The summed E-state index contributed by atoms with van der Waals surface area (Å²) < 4.78 is 1.90. The molecular formula is C9H13N3. The standard InChI is InChI=1S/C7H7N3.C2H6/c1-6-3-2-4-10-5-8-9-7(6)10;1-2/h2-5H,1H3;1-2H3. The lowest BCUT2D eigenvalue weighted by molar-refractivity contribution is 1.10. The second kappa shape index (κ2) is 3.85. The number of nitrogens with zero attached hydrogens (tertiary/aromatic N) is 3. The first-order valence-corrected chi connectivity index (χ1v) is 4.13. The average molecular weight is 163 g/mol. The first-order chi connectivity index (χ1) is 5.88. The van der Waals surface area contributed by atoms with E-state index in [1.54, 1.807) is 6.33 Å². The molecule has 0 saturated carbocycles. The zero-order valence-electron chi connectivity index (χ0n) is 7.65. The molecule has 0 aromatic carbocycles. The SMILES string of the molecule is CC.Cc1cccn2cnnc12. The first kappa shape index (κ1) is 8.71. The second-order valence-corrected chi connectivity index (χ2v) is 2.25. The average Bonchev–Trinajstić information content (AvgIpc) is 2.57. The number of aryl methyl sites for hydroxylation is 1. The summed E-state index contributed by atoms with van der Waals surface area (Å²) in [6.45, 7) is 6.02. The van der Waals surface area contributed by atoms with Crippen LogP contribution in [-0.2, 0) is 0 Å². The van der Waals surface area contributed by atoms with Gasteiger partial charge in [-0.25, -0.2) is 0 Å². The number of rotatable bonds is 0. The zero-order chi connectivity index (χ0) is 8.97. The topological polar surface area (TPSA) is 30.2 Å². The third-order valence-electron chi connectivity index (χ3n) is 1.52. The molecule has 0 bridgehead atoms. The third-order valence-corrected chi connectivity index (χ3v) is 1.52. The van der Waals surface area contributed by atoms with Gasteiger partial charge in [-0.2, -0.15) is 0 Å². The Balaban J connectivity index is 0.000000336. The Labute approximate surface area is 72.1 Å². The van der Waals surface area contributed by atoms with E-state index in [1.807, 2.05) is 43.5 Å². The first-order valence-electron chi connectivity index (χ1n) is 4.13. The van der Waals surface area contributed by atoms with E-state index in [9.17, 15) is 0 Å². The van der Waals surface area contributed by atoms with Crippen LogP contribution in [0.4, 0.5) is 0 Å². The van der Waals surface area contributed by atoms with Gasteiger partial charge in [-0.15, -0.1) is 10.2 Å². The highest BCUT2D eigenvalue weighted by Crippen LogP contribution is 2.03. The molecule has 0 atom stereocenters. The van der Waals surface area contributed by atoms with Crippen molar-refractivity contribution in [1.82, 2.24) is 14.6 Å². The normalized spacial score (nSPS) is 9.25. The molecule has 0 fully saturated rings. The van der Waals surface area contributed by atoms with Gasteiger partial charge in [0.05, 0.1) is 0 Å². The molecule has 2 heterocycles. The fourth-order valence-electron chi connectivity index (χ4n) is 0.989. The number of hydrogen-bond donors (Lipinski definition) is 0. The smallest absolute Gasteiger partial charge is 0.163 e. The van der Waals surface area contributed by atoms with E-state index in [4.69, 9.17) is 0 Å². The summed E-state index contributed by atoms with van der Waals surface area (Å²) >= 11 is 0. The van der Waals surface area contributed by atoms with E-state index < -0.39 is 0 Å². The van der Waals surface area contributed by atoms with Crippen molar-refractivity contribution in [3.05, 3.63) is 30.2 Å². The van der Waals surface area contributed by atoms with Crippen LogP contribution in [-0.4, -0.2) is 14.6 Å². The van der Waals surface area contributed by atoms with Crippen LogP contribution in [0.2, 0.25) is 0 Å². The van der Waals surface area contributed by atoms with Crippen LogP contribution in [0.5, 0.6) is 0 Å². The Kier molecular flexibility index (Phi) is 2.80. The molecule has 0 spiro atoms. The van der Waals surface area contributed by atoms with Gasteiger partial charge in [0, 0.05) is 6.20 Å². The predicted molar refractivity (Wildman–Crippen MR) is 49.1 cm³/mol. The van der Waals surface area contributed by atoms with Gasteiger partial charge in [-0.05, 0) is 18.6 Å². The molecule has 0 aliphatic rings. The monoisotopic (exact) mass is 163 g/mol. The molecular weight excluding hydrogens is 150 g/mol. The Morgan fingerprint density at radius 3 is 2.75 bits per heavy atom. The molecule has 0 unspecified atom stereocenters.